The molecule has 0 radical (unpaired) electrons. The summed E-state index contributed by atoms with van der Waals surface area (Å²) in [6, 6.07) is 11.5. The molecule has 3 nitrogen and oxygen atoms in total. The van der Waals surface area contributed by atoms with Crippen molar-refractivity contribution in [2.24, 2.45) is 0 Å². The summed E-state index contributed by atoms with van der Waals surface area (Å²) < 4.78 is 2.02. The van der Waals surface area contributed by atoms with E-state index in [1.807, 2.05) is 41.0 Å². The van der Waals surface area contributed by atoms with Crippen LogP contribution in [0.15, 0.2) is 42.6 Å². The Labute approximate surface area is 120 Å². The van der Waals surface area contributed by atoms with Crippen molar-refractivity contribution in [3.63, 3.8) is 0 Å². The minimum absolute atomic E-state index is 0.525. The maximum atomic E-state index is 5.93. The Bertz CT molecular complexity index is 704. The summed E-state index contributed by atoms with van der Waals surface area (Å²) in [6.07, 6.45) is 2.46. The number of aromatic nitrogens is 3. The van der Waals surface area contributed by atoms with E-state index in [4.69, 9.17) is 23.2 Å². The molecule has 0 amide bonds. The third kappa shape index (κ3) is 2.31. The highest BCUT2D eigenvalue weighted by Gasteiger charge is 2.12. The molecule has 0 fully saturated rings. The van der Waals surface area contributed by atoms with E-state index in [0.717, 1.165) is 22.7 Å². The van der Waals surface area contributed by atoms with Crippen LogP contribution in [0.3, 0.4) is 0 Å². The smallest absolute Gasteiger partial charge is 0.164 e. The molecule has 0 aliphatic heterocycles. The lowest BCUT2D eigenvalue weighted by Crippen LogP contribution is -2.02. The van der Waals surface area contributed by atoms with Gasteiger partial charge < -0.3 is 0 Å². The van der Waals surface area contributed by atoms with Gasteiger partial charge in [-0.05, 0) is 36.4 Å². The Balaban J connectivity index is 2.24. The Morgan fingerprint density at radius 3 is 2.63 bits per heavy atom. The molecule has 19 heavy (non-hydrogen) atoms. The third-order valence-corrected chi connectivity index (χ3v) is 3.33. The molecule has 1 aromatic carbocycles. The van der Waals surface area contributed by atoms with Gasteiger partial charge in [-0.15, -0.1) is 11.6 Å². The zero-order valence-corrected chi connectivity index (χ0v) is 11.6. The number of benzene rings is 1. The normalized spacial score (nSPS) is 11.1. The molecule has 0 saturated heterocycles. The molecule has 3 rings (SSSR count). The molecule has 0 atom stereocenters. The number of hydrogen-bond acceptors (Lipinski definition) is 2. The maximum absolute atomic E-state index is 5.93. The van der Waals surface area contributed by atoms with Crippen LogP contribution in [0, 0.1) is 0 Å². The van der Waals surface area contributed by atoms with Crippen molar-refractivity contribution in [2.75, 3.05) is 5.88 Å². The fourth-order valence-electron chi connectivity index (χ4n) is 2.07. The molecular weight excluding hydrogens is 281 g/mol. The number of alkyl halides is 1. The lowest BCUT2D eigenvalue weighted by molar-refractivity contribution is 0.905. The molecule has 96 valence electrons. The standard InChI is InChI=1S/C14H11Cl2N3/c15-8-7-13-18-12-2-1-9-17-14(12)19(13)11-5-3-10(16)4-6-11/h1-6,9H,7-8H2. The van der Waals surface area contributed by atoms with E-state index < -0.39 is 0 Å². The van der Waals surface area contributed by atoms with Crippen LogP contribution in [0.25, 0.3) is 16.9 Å². The number of nitrogens with zero attached hydrogens (tertiary/aromatic N) is 3. The number of fused-ring (bicyclic) bond motifs is 1. The van der Waals surface area contributed by atoms with Gasteiger partial charge in [-0.2, -0.15) is 0 Å². The van der Waals surface area contributed by atoms with Gasteiger partial charge in [-0.3, -0.25) is 4.57 Å². The lowest BCUT2D eigenvalue weighted by atomic mass is 10.3. The Morgan fingerprint density at radius 2 is 1.89 bits per heavy atom. The largest absolute Gasteiger partial charge is 0.281 e. The third-order valence-electron chi connectivity index (χ3n) is 2.89. The molecule has 2 aromatic heterocycles. The first-order valence-corrected chi connectivity index (χ1v) is 6.85. The van der Waals surface area contributed by atoms with Crippen molar-refractivity contribution < 1.29 is 0 Å². The highest BCUT2D eigenvalue weighted by Crippen LogP contribution is 2.21. The van der Waals surface area contributed by atoms with E-state index in [9.17, 15) is 0 Å². The van der Waals surface area contributed by atoms with Crippen LogP contribution in [0.2, 0.25) is 5.02 Å². The average Bonchev–Trinajstić information content (AvgIpc) is 2.78. The van der Waals surface area contributed by atoms with Crippen LogP contribution in [0.1, 0.15) is 5.82 Å². The van der Waals surface area contributed by atoms with Gasteiger partial charge in [-0.1, -0.05) is 11.6 Å². The topological polar surface area (TPSA) is 30.7 Å². The van der Waals surface area contributed by atoms with E-state index in [0.29, 0.717) is 17.3 Å². The number of halogens is 2. The first-order valence-electron chi connectivity index (χ1n) is 5.94. The predicted molar refractivity (Wildman–Crippen MR) is 78.3 cm³/mol. The van der Waals surface area contributed by atoms with Crippen LogP contribution >= 0.6 is 23.2 Å². The molecule has 2 heterocycles. The van der Waals surface area contributed by atoms with E-state index in [-0.39, 0.29) is 0 Å². The van der Waals surface area contributed by atoms with Gasteiger partial charge in [0.25, 0.3) is 0 Å². The highest BCUT2D eigenvalue weighted by molar-refractivity contribution is 6.30. The first-order chi connectivity index (χ1) is 9.29. The molecule has 0 aliphatic carbocycles. The Hall–Kier alpha value is -1.58. The fraction of sp³-hybridized carbons (Fsp3) is 0.143. The van der Waals surface area contributed by atoms with Gasteiger partial charge in [0.05, 0.1) is 0 Å². The van der Waals surface area contributed by atoms with Crippen LogP contribution in [-0.2, 0) is 6.42 Å². The first kappa shape index (κ1) is 12.5. The molecule has 0 spiro atoms. The molecular formula is C14H11Cl2N3. The summed E-state index contributed by atoms with van der Waals surface area (Å²) in [5.74, 6) is 1.43. The zero-order valence-electron chi connectivity index (χ0n) is 10.1. The molecule has 0 saturated carbocycles. The molecule has 0 aliphatic rings. The SMILES string of the molecule is ClCCc1nc2cccnc2n1-c1ccc(Cl)cc1. The Morgan fingerprint density at radius 1 is 1.11 bits per heavy atom. The van der Waals surface area contributed by atoms with Crippen LogP contribution in [0.5, 0.6) is 0 Å². The summed E-state index contributed by atoms with van der Waals surface area (Å²) in [4.78, 5) is 8.99. The maximum Gasteiger partial charge on any atom is 0.164 e. The minimum atomic E-state index is 0.525. The second kappa shape index (κ2) is 5.19. The second-order valence-electron chi connectivity index (χ2n) is 4.12. The minimum Gasteiger partial charge on any atom is -0.281 e. The van der Waals surface area contributed by atoms with Gasteiger partial charge in [0, 0.05) is 29.2 Å². The van der Waals surface area contributed by atoms with Crippen molar-refractivity contribution in [3.05, 3.63) is 53.4 Å². The highest BCUT2D eigenvalue weighted by atomic mass is 35.5. The van der Waals surface area contributed by atoms with Gasteiger partial charge in [0.2, 0.25) is 0 Å². The summed E-state index contributed by atoms with van der Waals surface area (Å²) in [6.45, 7) is 0. The average molecular weight is 292 g/mol. The van der Waals surface area contributed by atoms with Crippen molar-refractivity contribution in [1.29, 1.82) is 0 Å². The van der Waals surface area contributed by atoms with Crippen molar-refractivity contribution in [1.82, 2.24) is 14.5 Å². The van der Waals surface area contributed by atoms with Gasteiger partial charge in [0.1, 0.15) is 11.3 Å². The van der Waals surface area contributed by atoms with Gasteiger partial charge in [-0.25, -0.2) is 9.97 Å². The lowest BCUT2D eigenvalue weighted by Gasteiger charge is -2.07. The predicted octanol–water partition coefficient (Wildman–Crippen LogP) is 3.86. The van der Waals surface area contributed by atoms with E-state index in [1.54, 1.807) is 6.20 Å². The number of hydrogen-bond donors (Lipinski definition) is 0. The Kier molecular flexibility index (Phi) is 3.40. The van der Waals surface area contributed by atoms with E-state index in [1.165, 1.54) is 0 Å². The second-order valence-corrected chi connectivity index (χ2v) is 4.94. The van der Waals surface area contributed by atoms with E-state index in [2.05, 4.69) is 9.97 Å². The fourth-order valence-corrected chi connectivity index (χ4v) is 2.37. The number of pyridine rings is 1. The summed E-state index contributed by atoms with van der Waals surface area (Å²) in [5.41, 5.74) is 2.70. The molecule has 0 bridgehead atoms. The number of aryl methyl sites for hydroxylation is 1. The van der Waals surface area contributed by atoms with Crippen LogP contribution < -0.4 is 0 Å². The van der Waals surface area contributed by atoms with Crippen molar-refractivity contribution in [3.8, 4) is 5.69 Å². The van der Waals surface area contributed by atoms with Crippen LogP contribution in [0.4, 0.5) is 0 Å². The number of imidazole rings is 1. The molecule has 0 unspecified atom stereocenters. The molecule has 3 aromatic rings. The zero-order chi connectivity index (χ0) is 13.2. The number of rotatable bonds is 3. The monoisotopic (exact) mass is 291 g/mol. The summed E-state index contributed by atoms with van der Waals surface area (Å²) in [7, 11) is 0. The molecule has 5 heteroatoms. The van der Waals surface area contributed by atoms with Crippen molar-refractivity contribution in [2.45, 2.75) is 6.42 Å². The van der Waals surface area contributed by atoms with Gasteiger partial charge in [0.15, 0.2) is 5.65 Å². The van der Waals surface area contributed by atoms with Crippen LogP contribution in [-0.4, -0.2) is 20.4 Å². The summed E-state index contributed by atoms with van der Waals surface area (Å²) >= 11 is 11.8. The quantitative estimate of drug-likeness (QED) is 0.686. The van der Waals surface area contributed by atoms with Gasteiger partial charge >= 0.3 is 0 Å². The van der Waals surface area contributed by atoms with Crippen molar-refractivity contribution >= 4 is 34.4 Å². The summed E-state index contributed by atoms with van der Waals surface area (Å²) in [5, 5.41) is 0.708. The molecule has 0 N–H and O–H groups in total. The van der Waals surface area contributed by atoms with E-state index >= 15 is 0 Å².